The molecule has 0 N–H and O–H groups in total. The van der Waals surface area contributed by atoms with E-state index in [1.54, 1.807) is 18.4 Å². The van der Waals surface area contributed by atoms with Crippen molar-refractivity contribution in [2.45, 2.75) is 4.90 Å². The van der Waals surface area contributed by atoms with Gasteiger partial charge in [0.15, 0.2) is 0 Å². The quantitative estimate of drug-likeness (QED) is 0.723. The Morgan fingerprint density at radius 1 is 1.33 bits per heavy atom. The minimum absolute atomic E-state index is 0.354. The summed E-state index contributed by atoms with van der Waals surface area (Å²) in [7, 11) is -1.10. The molecule has 66 valence electrons. The van der Waals surface area contributed by atoms with E-state index in [1.807, 2.05) is 0 Å². The molecule has 0 saturated carbocycles. The topological polar surface area (TPSA) is 17.1 Å². The fraction of sp³-hybridized carbons (Fsp3) is 0.143. The van der Waals surface area contributed by atoms with Gasteiger partial charge in [-0.05, 0) is 28.1 Å². The van der Waals surface area contributed by atoms with Crippen LogP contribution in [0.1, 0.15) is 0 Å². The molecule has 1 atom stereocenters. The normalized spacial score (nSPS) is 13.0. The molecule has 0 fully saturated rings. The third kappa shape index (κ3) is 2.02. The first-order valence-electron chi connectivity index (χ1n) is 3.01. The van der Waals surface area contributed by atoms with Gasteiger partial charge in [-0.15, -0.1) is 0 Å². The van der Waals surface area contributed by atoms with Crippen molar-refractivity contribution >= 4 is 49.9 Å². The van der Waals surface area contributed by atoms with Crippen LogP contribution >= 0.6 is 39.1 Å². The van der Waals surface area contributed by atoms with Gasteiger partial charge in [-0.2, -0.15) is 0 Å². The van der Waals surface area contributed by atoms with Crippen molar-refractivity contribution in [3.05, 3.63) is 26.7 Å². The summed E-state index contributed by atoms with van der Waals surface area (Å²) in [5, 5.41) is 0.760. The lowest BCUT2D eigenvalue weighted by molar-refractivity contribution is 0.687. The number of benzene rings is 1. The molecule has 0 aliphatic heterocycles. The molecule has 0 radical (unpaired) electrons. The molecule has 0 aliphatic carbocycles. The smallest absolute Gasteiger partial charge is 0.0765 e. The third-order valence-electron chi connectivity index (χ3n) is 1.31. The van der Waals surface area contributed by atoms with E-state index in [-0.39, 0.29) is 0 Å². The van der Waals surface area contributed by atoms with Crippen LogP contribution in [0, 0.1) is 0 Å². The van der Waals surface area contributed by atoms with Crippen LogP contribution in [0.4, 0.5) is 0 Å². The minimum atomic E-state index is -1.10. The number of halogens is 3. The van der Waals surface area contributed by atoms with Crippen LogP contribution in [-0.4, -0.2) is 10.5 Å². The van der Waals surface area contributed by atoms with E-state index in [0.29, 0.717) is 19.4 Å². The molecule has 0 heterocycles. The lowest BCUT2D eigenvalue weighted by atomic mass is 10.4. The van der Waals surface area contributed by atoms with Crippen LogP contribution in [0.5, 0.6) is 0 Å². The van der Waals surface area contributed by atoms with E-state index in [1.165, 1.54) is 0 Å². The van der Waals surface area contributed by atoms with Crippen molar-refractivity contribution in [1.29, 1.82) is 0 Å². The lowest BCUT2D eigenvalue weighted by Gasteiger charge is -2.03. The Kier molecular flexibility index (Phi) is 3.58. The van der Waals surface area contributed by atoms with Crippen molar-refractivity contribution in [2.24, 2.45) is 0 Å². The SMILES string of the molecule is CS(=O)c1ccc(Br)c(Cl)c1Cl. The molecule has 0 aromatic heterocycles. The van der Waals surface area contributed by atoms with E-state index in [9.17, 15) is 4.21 Å². The van der Waals surface area contributed by atoms with Gasteiger partial charge in [-0.3, -0.25) is 4.21 Å². The van der Waals surface area contributed by atoms with Gasteiger partial charge < -0.3 is 0 Å². The van der Waals surface area contributed by atoms with Crippen molar-refractivity contribution in [1.82, 2.24) is 0 Å². The van der Waals surface area contributed by atoms with Crippen LogP contribution in [-0.2, 0) is 10.8 Å². The molecular weight excluding hydrogens is 283 g/mol. The van der Waals surface area contributed by atoms with Gasteiger partial charge in [0.2, 0.25) is 0 Å². The highest BCUT2D eigenvalue weighted by molar-refractivity contribution is 9.10. The van der Waals surface area contributed by atoms with Gasteiger partial charge in [0.05, 0.1) is 25.7 Å². The zero-order chi connectivity index (χ0) is 9.30. The summed E-state index contributed by atoms with van der Waals surface area (Å²) in [6.45, 7) is 0. The average Bonchev–Trinajstić information content (AvgIpc) is 2.00. The Hall–Kier alpha value is 0.430. The molecule has 5 heteroatoms. The Bertz CT molecular complexity index is 340. The van der Waals surface area contributed by atoms with Gasteiger partial charge in [0.25, 0.3) is 0 Å². The maximum absolute atomic E-state index is 11.1. The lowest BCUT2D eigenvalue weighted by Crippen LogP contribution is -1.89. The van der Waals surface area contributed by atoms with E-state index in [4.69, 9.17) is 23.2 Å². The Labute approximate surface area is 91.6 Å². The maximum Gasteiger partial charge on any atom is 0.0765 e. The molecule has 0 aliphatic rings. The first-order chi connectivity index (χ1) is 5.54. The van der Waals surface area contributed by atoms with Crippen LogP contribution in [0.2, 0.25) is 10.0 Å². The summed E-state index contributed by atoms with van der Waals surface area (Å²) < 4.78 is 11.8. The second kappa shape index (κ2) is 4.09. The predicted octanol–water partition coefficient (Wildman–Crippen LogP) is 3.49. The van der Waals surface area contributed by atoms with Gasteiger partial charge >= 0.3 is 0 Å². The summed E-state index contributed by atoms with van der Waals surface area (Å²) in [5.41, 5.74) is 0. The molecule has 0 spiro atoms. The van der Waals surface area contributed by atoms with E-state index in [2.05, 4.69) is 15.9 Å². The van der Waals surface area contributed by atoms with Crippen molar-refractivity contribution < 1.29 is 4.21 Å². The molecule has 1 aromatic carbocycles. The van der Waals surface area contributed by atoms with E-state index >= 15 is 0 Å². The van der Waals surface area contributed by atoms with E-state index in [0.717, 1.165) is 0 Å². The molecule has 0 saturated heterocycles. The highest BCUT2D eigenvalue weighted by Crippen LogP contribution is 2.33. The van der Waals surface area contributed by atoms with Crippen LogP contribution in [0.25, 0.3) is 0 Å². The molecule has 1 nitrogen and oxygen atoms in total. The number of rotatable bonds is 1. The van der Waals surface area contributed by atoms with Crippen LogP contribution in [0.3, 0.4) is 0 Å². The molecule has 0 bridgehead atoms. The summed E-state index contributed by atoms with van der Waals surface area (Å²) in [4.78, 5) is 0.560. The Balaban J connectivity index is 3.36. The van der Waals surface area contributed by atoms with Crippen LogP contribution in [0.15, 0.2) is 21.5 Å². The molecule has 12 heavy (non-hydrogen) atoms. The zero-order valence-electron chi connectivity index (χ0n) is 6.11. The summed E-state index contributed by atoms with van der Waals surface area (Å²) in [6.07, 6.45) is 1.56. The van der Waals surface area contributed by atoms with Gasteiger partial charge in [0, 0.05) is 10.7 Å². The molecular formula is C7H5BrCl2OS. The fourth-order valence-electron chi connectivity index (χ4n) is 0.730. The van der Waals surface area contributed by atoms with Crippen molar-refractivity contribution in [2.75, 3.05) is 6.26 Å². The second-order valence-electron chi connectivity index (χ2n) is 2.13. The molecule has 1 aromatic rings. The van der Waals surface area contributed by atoms with Crippen LogP contribution < -0.4 is 0 Å². The fourth-order valence-corrected chi connectivity index (χ4v) is 2.50. The maximum atomic E-state index is 11.1. The van der Waals surface area contributed by atoms with Crippen molar-refractivity contribution in [3.63, 3.8) is 0 Å². The Morgan fingerprint density at radius 2 is 1.92 bits per heavy atom. The number of hydrogen-bond donors (Lipinski definition) is 0. The molecule has 1 rings (SSSR count). The zero-order valence-corrected chi connectivity index (χ0v) is 10.0. The van der Waals surface area contributed by atoms with Crippen molar-refractivity contribution in [3.8, 4) is 0 Å². The van der Waals surface area contributed by atoms with E-state index < -0.39 is 10.8 Å². The highest BCUT2D eigenvalue weighted by Gasteiger charge is 2.10. The molecule has 0 amide bonds. The Morgan fingerprint density at radius 3 is 2.42 bits per heavy atom. The first-order valence-corrected chi connectivity index (χ1v) is 6.11. The van der Waals surface area contributed by atoms with Gasteiger partial charge in [0.1, 0.15) is 0 Å². The molecule has 1 unspecified atom stereocenters. The predicted molar refractivity (Wildman–Crippen MR) is 56.5 cm³/mol. The second-order valence-corrected chi connectivity index (χ2v) is 5.09. The standard InChI is InChI=1S/C7H5BrCl2OS/c1-12(11)5-3-2-4(8)6(9)7(5)10/h2-3H,1H3. The summed E-state index contributed by atoms with van der Waals surface area (Å²) in [5.74, 6) is 0. The monoisotopic (exact) mass is 286 g/mol. The van der Waals surface area contributed by atoms with Gasteiger partial charge in [-0.1, -0.05) is 23.2 Å². The van der Waals surface area contributed by atoms with Gasteiger partial charge in [-0.25, -0.2) is 0 Å². The number of hydrogen-bond acceptors (Lipinski definition) is 1. The first kappa shape index (κ1) is 10.5. The highest BCUT2D eigenvalue weighted by atomic mass is 79.9. The minimum Gasteiger partial charge on any atom is -0.255 e. The third-order valence-corrected chi connectivity index (χ3v) is 4.15. The summed E-state index contributed by atoms with van der Waals surface area (Å²) in [6, 6.07) is 3.42. The largest absolute Gasteiger partial charge is 0.255 e. The average molecular weight is 288 g/mol. The summed E-state index contributed by atoms with van der Waals surface area (Å²) >= 11 is 14.9.